The van der Waals surface area contributed by atoms with E-state index in [2.05, 4.69) is 15.0 Å². The average Bonchev–Trinajstić information content (AvgIpc) is 2.82. The van der Waals surface area contributed by atoms with Gasteiger partial charge in [0.15, 0.2) is 0 Å². The topological polar surface area (TPSA) is 87.6 Å². The fraction of sp³-hybridized carbons (Fsp3) is 0.222. The molecular formula is C18H19N3O3S. The second-order valence-corrected chi connectivity index (χ2v) is 7.58. The summed E-state index contributed by atoms with van der Waals surface area (Å²) in [7, 11) is -3.54. The Balaban J connectivity index is 1.64. The number of hydrogen-bond acceptors (Lipinski definition) is 4. The number of aliphatic imine (C=N–C) groups is 1. The highest BCUT2D eigenvalue weighted by Gasteiger charge is 2.29. The van der Waals surface area contributed by atoms with Crippen LogP contribution < -0.4 is 10.0 Å². The van der Waals surface area contributed by atoms with Crippen molar-refractivity contribution in [1.82, 2.24) is 4.72 Å². The summed E-state index contributed by atoms with van der Waals surface area (Å²) >= 11 is 0. The van der Waals surface area contributed by atoms with E-state index >= 15 is 0 Å². The monoisotopic (exact) mass is 357 g/mol. The number of carbonyl (C=O) groups is 1. The highest BCUT2D eigenvalue weighted by Crippen LogP contribution is 2.22. The Bertz CT molecular complexity index is 965. The highest BCUT2D eigenvalue weighted by molar-refractivity contribution is 7.90. The van der Waals surface area contributed by atoms with Crippen LogP contribution in [0.1, 0.15) is 23.1 Å². The predicted molar refractivity (Wildman–Crippen MR) is 97.3 cm³/mol. The van der Waals surface area contributed by atoms with Crippen LogP contribution in [0.25, 0.3) is 0 Å². The Morgan fingerprint density at radius 2 is 1.88 bits per heavy atom. The highest BCUT2D eigenvalue weighted by atomic mass is 32.2. The van der Waals surface area contributed by atoms with E-state index in [1.54, 1.807) is 18.2 Å². The fourth-order valence-electron chi connectivity index (χ4n) is 2.56. The molecule has 1 aliphatic rings. The summed E-state index contributed by atoms with van der Waals surface area (Å²) in [6.07, 6.45) is 0.167. The number of aryl methyl sites for hydroxylation is 2. The largest absolute Gasteiger partial charge is 0.326 e. The molecule has 1 heterocycles. The fourth-order valence-corrected chi connectivity index (χ4v) is 3.81. The Morgan fingerprint density at radius 1 is 1.12 bits per heavy atom. The van der Waals surface area contributed by atoms with E-state index < -0.39 is 10.0 Å². The number of amidine groups is 1. The number of sulfonamides is 1. The molecule has 1 amide bonds. The van der Waals surface area contributed by atoms with E-state index in [4.69, 9.17) is 0 Å². The maximum absolute atomic E-state index is 12.0. The number of nitrogens with one attached hydrogen (secondary N) is 2. The van der Waals surface area contributed by atoms with Gasteiger partial charge in [-0.25, -0.2) is 8.42 Å². The van der Waals surface area contributed by atoms with Gasteiger partial charge in [-0.1, -0.05) is 18.2 Å². The first kappa shape index (κ1) is 17.2. The maximum Gasteiger partial charge on any atom is 0.263 e. The molecule has 0 atom stereocenters. The molecule has 0 aliphatic carbocycles. The quantitative estimate of drug-likeness (QED) is 0.880. The summed E-state index contributed by atoms with van der Waals surface area (Å²) in [6.45, 7) is 4.20. The zero-order valence-electron chi connectivity index (χ0n) is 14.0. The summed E-state index contributed by atoms with van der Waals surface area (Å²) in [5.74, 6) is 0.122. The third-order valence-corrected chi connectivity index (χ3v) is 5.46. The Morgan fingerprint density at radius 3 is 2.64 bits per heavy atom. The second-order valence-electron chi connectivity index (χ2n) is 5.93. The molecule has 1 aliphatic heterocycles. The van der Waals surface area contributed by atoms with Gasteiger partial charge >= 0.3 is 0 Å². The van der Waals surface area contributed by atoms with E-state index in [0.717, 1.165) is 16.8 Å². The molecule has 0 saturated carbocycles. The standard InChI is InChI=1S/C18H19N3O3S/c1-12-7-8-14(11-13(12)2)20-17(22)9-10-19-18-15-5-3-4-6-16(15)25(23,24)21-18/h3-8,11H,9-10H2,1-2H3,(H,19,21)(H,20,22). The van der Waals surface area contributed by atoms with Gasteiger partial charge in [-0.2, -0.15) is 0 Å². The molecule has 2 aromatic carbocycles. The van der Waals surface area contributed by atoms with Gasteiger partial charge in [0.05, 0.1) is 11.4 Å². The first-order chi connectivity index (χ1) is 11.9. The van der Waals surface area contributed by atoms with E-state index in [1.165, 1.54) is 6.07 Å². The van der Waals surface area contributed by atoms with Crippen LogP contribution in [-0.4, -0.2) is 26.7 Å². The zero-order valence-corrected chi connectivity index (χ0v) is 14.9. The minimum Gasteiger partial charge on any atom is -0.326 e. The molecule has 6 nitrogen and oxygen atoms in total. The molecular weight excluding hydrogens is 338 g/mol. The number of rotatable bonds is 4. The summed E-state index contributed by atoms with van der Waals surface area (Å²) in [6, 6.07) is 12.4. The summed E-state index contributed by atoms with van der Waals surface area (Å²) in [5, 5.41) is 2.82. The molecule has 0 spiro atoms. The van der Waals surface area contributed by atoms with Crippen molar-refractivity contribution in [1.29, 1.82) is 0 Å². The van der Waals surface area contributed by atoms with Gasteiger partial charge in [-0.3, -0.25) is 14.5 Å². The molecule has 25 heavy (non-hydrogen) atoms. The minimum atomic E-state index is -3.54. The minimum absolute atomic E-state index is 0.165. The lowest BCUT2D eigenvalue weighted by atomic mass is 10.1. The summed E-state index contributed by atoms with van der Waals surface area (Å²) < 4.78 is 26.4. The number of carbonyl (C=O) groups excluding carboxylic acids is 1. The number of fused-ring (bicyclic) bond motifs is 1. The molecule has 0 bridgehead atoms. The van der Waals surface area contributed by atoms with Crippen LogP contribution in [-0.2, 0) is 14.8 Å². The van der Waals surface area contributed by atoms with E-state index in [9.17, 15) is 13.2 Å². The molecule has 3 rings (SSSR count). The van der Waals surface area contributed by atoms with Gasteiger partial charge < -0.3 is 5.32 Å². The van der Waals surface area contributed by atoms with Crippen LogP contribution in [0, 0.1) is 13.8 Å². The Hall–Kier alpha value is -2.67. The van der Waals surface area contributed by atoms with Crippen molar-refractivity contribution in [3.8, 4) is 0 Å². The van der Waals surface area contributed by atoms with Crippen molar-refractivity contribution in [3.05, 3.63) is 59.2 Å². The lowest BCUT2D eigenvalue weighted by molar-refractivity contribution is -0.116. The van der Waals surface area contributed by atoms with Crippen LogP contribution in [0.15, 0.2) is 52.4 Å². The van der Waals surface area contributed by atoms with Gasteiger partial charge in [0.1, 0.15) is 5.84 Å². The molecule has 0 fully saturated rings. The van der Waals surface area contributed by atoms with E-state index in [-0.39, 0.29) is 29.6 Å². The van der Waals surface area contributed by atoms with Gasteiger partial charge in [0, 0.05) is 17.7 Å². The number of amides is 1. The lowest BCUT2D eigenvalue weighted by Gasteiger charge is -2.07. The summed E-state index contributed by atoms with van der Waals surface area (Å²) in [4.78, 5) is 16.5. The SMILES string of the molecule is Cc1ccc(NC(=O)CCN=C2NS(=O)(=O)c3ccccc32)cc1C. The smallest absolute Gasteiger partial charge is 0.263 e. The van der Waals surface area contributed by atoms with Crippen molar-refractivity contribution in [2.24, 2.45) is 4.99 Å². The number of nitrogens with zero attached hydrogens (tertiary/aromatic N) is 1. The Kier molecular flexibility index (Phi) is 4.59. The molecule has 0 radical (unpaired) electrons. The normalized spacial score (nSPS) is 16.3. The first-order valence-electron chi connectivity index (χ1n) is 7.90. The van der Waals surface area contributed by atoms with Gasteiger partial charge in [0.25, 0.3) is 10.0 Å². The third-order valence-electron chi connectivity index (χ3n) is 4.06. The van der Waals surface area contributed by atoms with Crippen LogP contribution in [0.2, 0.25) is 0 Å². The van der Waals surface area contributed by atoms with Crippen LogP contribution in [0.3, 0.4) is 0 Å². The molecule has 0 unspecified atom stereocenters. The van der Waals surface area contributed by atoms with Crippen molar-refractivity contribution < 1.29 is 13.2 Å². The first-order valence-corrected chi connectivity index (χ1v) is 9.39. The lowest BCUT2D eigenvalue weighted by Crippen LogP contribution is -2.23. The molecule has 2 N–H and O–H groups in total. The van der Waals surface area contributed by atoms with Gasteiger partial charge in [0.2, 0.25) is 5.91 Å². The van der Waals surface area contributed by atoms with Crippen molar-refractivity contribution in [3.63, 3.8) is 0 Å². The molecule has 0 saturated heterocycles. The molecule has 130 valence electrons. The summed E-state index contributed by atoms with van der Waals surface area (Å²) in [5.41, 5.74) is 3.55. The zero-order chi connectivity index (χ0) is 18.0. The van der Waals surface area contributed by atoms with Crippen LogP contribution in [0.4, 0.5) is 5.69 Å². The average molecular weight is 357 g/mol. The number of benzene rings is 2. The van der Waals surface area contributed by atoms with Crippen molar-refractivity contribution >= 4 is 27.5 Å². The maximum atomic E-state index is 12.0. The molecule has 2 aromatic rings. The van der Waals surface area contributed by atoms with Crippen LogP contribution >= 0.6 is 0 Å². The van der Waals surface area contributed by atoms with Crippen molar-refractivity contribution in [2.45, 2.75) is 25.2 Å². The van der Waals surface area contributed by atoms with Crippen molar-refractivity contribution in [2.75, 3.05) is 11.9 Å². The van der Waals surface area contributed by atoms with E-state index in [0.29, 0.717) is 5.56 Å². The third kappa shape index (κ3) is 3.71. The van der Waals surface area contributed by atoms with Gasteiger partial charge in [-0.15, -0.1) is 0 Å². The molecule has 0 aromatic heterocycles. The van der Waals surface area contributed by atoms with Gasteiger partial charge in [-0.05, 0) is 49.2 Å². The van der Waals surface area contributed by atoms with E-state index in [1.807, 2.05) is 32.0 Å². The van der Waals surface area contributed by atoms with Crippen LogP contribution in [0.5, 0.6) is 0 Å². The number of hydrogen-bond donors (Lipinski definition) is 2. The predicted octanol–water partition coefficient (Wildman–Crippen LogP) is 2.37. The second kappa shape index (κ2) is 6.68. The molecule has 7 heteroatoms. The number of anilines is 1. The Labute approximate surface area is 147 Å².